The Morgan fingerprint density at radius 3 is 1.11 bits per heavy atom. The first kappa shape index (κ1) is 178. The molecule has 2 aliphatic heterocycles. The predicted molar refractivity (Wildman–Crippen MR) is 223 cm³/mol. The van der Waals surface area contributed by atoms with Crippen molar-refractivity contribution in [2.45, 2.75) is 33.6 Å². The Labute approximate surface area is 865 Å². The number of carboxylic acid groups (broad SMARTS) is 2. The van der Waals surface area contributed by atoms with Crippen LogP contribution in [0.1, 0.15) is 63.2 Å². The molecule has 5 N–H and O–H groups in total. The molecule has 2 aliphatic rings. The first-order valence-electron chi connectivity index (χ1n) is 18.6. The van der Waals surface area contributed by atoms with Crippen molar-refractivity contribution in [3.63, 3.8) is 0 Å². The van der Waals surface area contributed by atoms with E-state index in [1.807, 2.05) is 24.6 Å². The summed E-state index contributed by atoms with van der Waals surface area (Å²) < 4.78 is 20.2. The number of halogens is 1. The quantitative estimate of drug-likeness (QED) is 0.113. The summed E-state index contributed by atoms with van der Waals surface area (Å²) in [6.45, 7) is 5.35. The number of anilines is 2. The number of imidazole rings is 3. The van der Waals surface area contributed by atoms with E-state index in [9.17, 15) is 33.2 Å². The Morgan fingerprint density at radius 2 is 0.831 bits per heavy atom. The molecule has 459 valence electrons. The summed E-state index contributed by atoms with van der Waals surface area (Å²) in [5.41, 5.74) is 6.31. The standard InChI is InChI=1S/C11H11NO2.C10H10N2O2.C10H9NO3.C7H6N4O.C2H6O.CH3F.H2NO.Na.27V/c1-7(13)8-3-4-10-9(5-8)6-11(14)12(10)2;1-6-11-8-5-7(10(13)14)3-4-9(8)12(6)2;1-11-8-3-2-6(10(13)14)4-7(8)5-9(11)12;12-7(10-3-1-8-5-10)11-4-2-9-6-11;1-2-3;2*1-2;;;;;;;;;;;;;;;;;;;;;;;;;;;;/h3-5H,6H2,1-2H3;3-5H,1-2H3,(H,13,14);2-4H,5H2,1H3,(H,13,14);1-6H;3H,2H2,1H3;1H3;1-2H;;;;;;;;;;;;;;;;;;;;;;;;;;;;/q;;;;;;-1;+1;;;;;;;;;;;;;;;;;;;;;;;;;;;/i;;;;;1D;;;;;;;;;;;;;;;;;;;;;;;;;;;;;. The van der Waals surface area contributed by atoms with Gasteiger partial charge in [0, 0.05) is 570 Å². The van der Waals surface area contributed by atoms with E-state index in [0.29, 0.717) is 18.4 Å². The average molecular weight is 2240 g/mol. The molecule has 27 radical (unpaired) electrons. The number of fused-ring (bicyclic) bond motifs is 3. The van der Waals surface area contributed by atoms with Gasteiger partial charge in [-0.05, 0) is 86.5 Å². The number of carbonyl (C=O) groups is 6. The molecule has 0 bridgehead atoms. The van der Waals surface area contributed by atoms with Crippen LogP contribution in [0.3, 0.4) is 0 Å². The molecule has 2 amide bonds. The molecule has 3 aromatic heterocycles. The van der Waals surface area contributed by atoms with E-state index in [0.717, 1.165) is 39.4 Å². The van der Waals surface area contributed by atoms with Crippen LogP contribution in [0.15, 0.2) is 92.0 Å². The topological polar surface area (TPSA) is 267 Å². The van der Waals surface area contributed by atoms with Crippen molar-refractivity contribution in [1.82, 2.24) is 28.7 Å². The number of likely N-dealkylation sites (N-methyl/N-ethyl adjacent to an activating group) is 2. The maximum Gasteiger partial charge on any atom is 1.00 e. The Morgan fingerprint density at radius 1 is 0.551 bits per heavy atom. The molecule has 19 nitrogen and oxygen atoms in total. The van der Waals surface area contributed by atoms with Gasteiger partial charge in [0.1, 0.15) is 18.5 Å². The minimum absolute atomic E-state index is 0. The number of aryl methyl sites for hydroxylation is 2. The largest absolute Gasteiger partial charge is 1.00 e. The second kappa shape index (κ2) is 104. The number of rotatable bonds is 3. The number of hydrogen-bond donors (Lipinski definition) is 4. The van der Waals surface area contributed by atoms with Crippen LogP contribution in [-0.2, 0) is 530 Å². The molecular weight excluding hydrogens is 2200 g/mol. The molecule has 8 rings (SSSR count). The first-order valence-corrected chi connectivity index (χ1v) is 17.9. The number of Topliss-reactive ketones (excluding diaryl/α,β-unsaturated/α-hetero) is 1. The van der Waals surface area contributed by atoms with E-state index in [4.69, 9.17) is 27.8 Å². The van der Waals surface area contributed by atoms with Gasteiger partial charge in [0.2, 0.25) is 11.8 Å². The Hall–Kier alpha value is 9.36. The summed E-state index contributed by atoms with van der Waals surface area (Å²) in [5, 5.41) is 31.4. The van der Waals surface area contributed by atoms with Gasteiger partial charge >= 0.3 is 47.5 Å². The number of aromatic nitrogens is 6. The maximum absolute atomic E-state index is 11.4. The van der Waals surface area contributed by atoms with Crippen molar-refractivity contribution in [2.75, 3.05) is 37.7 Å². The maximum atomic E-state index is 11.4. The zero-order valence-electron chi connectivity index (χ0n) is 48.3. The van der Waals surface area contributed by atoms with Crippen LogP contribution in [0.4, 0.5) is 20.6 Å². The van der Waals surface area contributed by atoms with Crippen LogP contribution in [0.5, 0.6) is 0 Å². The minimum Gasteiger partial charge on any atom is -0.553 e. The molecule has 0 saturated carbocycles. The van der Waals surface area contributed by atoms with Crippen molar-refractivity contribution < 1.29 is 586 Å². The SMILES string of the molecule is CC(=O)c1ccc2c(c1)CC(=O)N2C.CCO.CN1C(=O)Cc2cc(C(=O)O)ccc21.Cc1nc2cc(C(=O)O)ccc2n1C.O=C(n1ccnc1)n1ccnc1.[2H]CF.[NH-]O.[Na+].[V].[V].[V].[V].[V].[V].[V].[V].[V].[V].[V].[V].[V].[V].[V].[V].[V].[V].[V].[V].[V].[V].[V].[V].[V].[V].[V]. The van der Waals surface area contributed by atoms with Crippen LogP contribution >= 0.6 is 0 Å². The molecule has 0 spiro atoms. The van der Waals surface area contributed by atoms with Gasteiger partial charge in [0.25, 0.3) is 0 Å². The van der Waals surface area contributed by atoms with Gasteiger partial charge in [-0.1, -0.05) is 0 Å². The Kier molecular flexibility index (Phi) is 208. The van der Waals surface area contributed by atoms with Gasteiger partial charge < -0.3 is 40.8 Å². The minimum atomic E-state index is -1.00. The fourth-order valence-corrected chi connectivity index (χ4v) is 5.62. The first-order chi connectivity index (χ1) is 29.5. The molecule has 0 saturated heterocycles. The molecule has 0 atom stereocenters. The summed E-state index contributed by atoms with van der Waals surface area (Å²) in [6.07, 6.45) is 9.87. The van der Waals surface area contributed by atoms with E-state index in [-0.39, 0.29) is 572 Å². The number of aliphatic hydroxyl groups is 1. The van der Waals surface area contributed by atoms with E-state index >= 15 is 0 Å². The summed E-state index contributed by atoms with van der Waals surface area (Å²) >= 11 is 0. The molecule has 0 fully saturated rings. The summed E-state index contributed by atoms with van der Waals surface area (Å²) in [5.74, 6) is 3.87. The van der Waals surface area contributed by atoms with E-state index in [1.165, 1.54) is 34.8 Å². The number of alkyl halides is 1. The molecule has 3 aromatic carbocycles. The van der Waals surface area contributed by atoms with Crippen LogP contribution in [-0.4, -0.2) is 113 Å². The molecule has 6 aromatic rings. The predicted octanol–water partition coefficient (Wildman–Crippen LogP) is 2.44. The molecule has 48 heteroatoms. The molecule has 89 heavy (non-hydrogen) atoms. The monoisotopic (exact) mass is 2240 g/mol. The van der Waals surface area contributed by atoms with Crippen LogP contribution < -0.4 is 39.4 Å². The van der Waals surface area contributed by atoms with Crippen LogP contribution in [0, 0.1) is 6.92 Å². The third kappa shape index (κ3) is 63.2. The summed E-state index contributed by atoms with van der Waals surface area (Å²) in [6, 6.07) is 14.9. The van der Waals surface area contributed by atoms with Gasteiger partial charge in [-0.2, -0.15) is 0 Å². The second-order valence-electron chi connectivity index (χ2n) is 12.6. The van der Waals surface area contributed by atoms with Crippen LogP contribution in [0.2, 0.25) is 0 Å². The number of benzene rings is 3. The van der Waals surface area contributed by atoms with Crippen molar-refractivity contribution in [3.8, 4) is 0 Å². The number of hydrogen-bond acceptors (Lipinski definition) is 11. The molecule has 0 unspecified atom stereocenters. The van der Waals surface area contributed by atoms with Gasteiger partial charge in [0.15, 0.2) is 5.78 Å². The smallest absolute Gasteiger partial charge is 0.553 e. The fourth-order valence-electron chi connectivity index (χ4n) is 5.62. The molecular formula is C41H47FN9NaO10V27. The van der Waals surface area contributed by atoms with Gasteiger partial charge in [-0.25, -0.2) is 29.3 Å². The molecule has 0 aliphatic carbocycles. The second-order valence-corrected chi connectivity index (χ2v) is 12.6. The number of aromatic carboxylic acids is 2. The third-order valence-electron chi connectivity index (χ3n) is 8.77. The zero-order chi connectivity index (χ0) is 46.7. The van der Waals surface area contributed by atoms with Crippen molar-refractivity contribution >= 4 is 58.0 Å². The van der Waals surface area contributed by atoms with Crippen molar-refractivity contribution in [2.24, 2.45) is 7.05 Å². The summed E-state index contributed by atoms with van der Waals surface area (Å²) in [4.78, 5) is 81.5. The number of nitrogens with one attached hydrogen (secondary N) is 1. The normalized spacial score (nSPS) is 8.04. The van der Waals surface area contributed by atoms with Crippen LogP contribution in [0.25, 0.3) is 16.9 Å². The van der Waals surface area contributed by atoms with Gasteiger partial charge in [-0.15, -0.1) is 0 Å². The van der Waals surface area contributed by atoms with E-state index in [2.05, 4.69) is 15.0 Å². The summed E-state index contributed by atoms with van der Waals surface area (Å²) in [7, 11) is 4.35. The zero-order valence-corrected chi connectivity index (χ0v) is 87.0. The van der Waals surface area contributed by atoms with Crippen molar-refractivity contribution in [1.29, 1.82) is 0 Å². The number of amides is 2. The van der Waals surface area contributed by atoms with E-state index < -0.39 is 19.1 Å². The number of carboxylic acids is 2. The number of nitrogens with zero attached hydrogens (tertiary/aromatic N) is 8. The Bertz CT molecular complexity index is 2420. The van der Waals surface area contributed by atoms with E-state index in [1.54, 1.807) is 98.1 Å². The number of carbonyl (C=O) groups excluding carboxylic acids is 4. The van der Waals surface area contributed by atoms with Gasteiger partial charge in [-0.3, -0.25) is 27.9 Å². The fraction of sp³-hybridized carbons (Fsp3) is 0.244. The van der Waals surface area contributed by atoms with Crippen molar-refractivity contribution in [3.05, 3.63) is 132 Å². The average Bonchev–Trinajstić information content (AvgIpc) is 4.11. The van der Waals surface area contributed by atoms with Gasteiger partial charge in [0.05, 0.1) is 43.5 Å². The third-order valence-corrected chi connectivity index (χ3v) is 8.77. The molecule has 5 heterocycles. The number of ketones is 1. The number of aliphatic hydroxyl groups excluding tert-OH is 1. The Balaban J connectivity index is -0.0000000206.